The number of aliphatic imine (C=N–C) groups is 1. The molecule has 0 saturated heterocycles. The molecule has 7 heteroatoms. The van der Waals surface area contributed by atoms with Gasteiger partial charge in [0.1, 0.15) is 10.1 Å². The van der Waals surface area contributed by atoms with E-state index in [0.717, 1.165) is 0 Å². The first-order chi connectivity index (χ1) is 8.04. The molecule has 0 saturated carbocycles. The second-order valence-electron chi connectivity index (χ2n) is 3.29. The third kappa shape index (κ3) is 3.05. The number of hydrogen-bond acceptors (Lipinski definition) is 5. The van der Waals surface area contributed by atoms with Crippen LogP contribution in [0, 0.1) is 0 Å². The predicted octanol–water partition coefficient (Wildman–Crippen LogP) is -0.518. The zero-order valence-corrected chi connectivity index (χ0v) is 13.1. The Hall–Kier alpha value is -0.590. The molecule has 0 aromatic heterocycles. The quantitative estimate of drug-likeness (QED) is 0.323. The molecule has 18 heavy (non-hydrogen) atoms. The van der Waals surface area contributed by atoms with Gasteiger partial charge in [0.2, 0.25) is 0 Å². The van der Waals surface area contributed by atoms with Crippen molar-refractivity contribution in [3.63, 3.8) is 0 Å². The van der Waals surface area contributed by atoms with E-state index in [0.29, 0.717) is 10.8 Å². The van der Waals surface area contributed by atoms with Crippen LogP contribution in [0.5, 0.6) is 0 Å². The van der Waals surface area contributed by atoms with Crippen LogP contribution in [0.25, 0.3) is 10.8 Å². The van der Waals surface area contributed by atoms with Crippen LogP contribution < -0.4 is 29.6 Å². The van der Waals surface area contributed by atoms with Gasteiger partial charge in [-0.15, -0.1) is 0 Å². The van der Waals surface area contributed by atoms with Crippen LogP contribution in [0.3, 0.4) is 0 Å². The Labute approximate surface area is 132 Å². The normalized spacial score (nSPS) is 10.5. The van der Waals surface area contributed by atoms with Gasteiger partial charge in [0, 0.05) is 5.39 Å². The van der Waals surface area contributed by atoms with E-state index in [9.17, 15) is 13.0 Å². The van der Waals surface area contributed by atoms with Crippen molar-refractivity contribution in [2.75, 3.05) is 0 Å². The fourth-order valence-electron chi connectivity index (χ4n) is 1.63. The number of fused-ring (bicyclic) bond motifs is 1. The zero-order chi connectivity index (χ0) is 12.5. The van der Waals surface area contributed by atoms with Gasteiger partial charge in [-0.25, -0.2) is 8.42 Å². The van der Waals surface area contributed by atoms with Gasteiger partial charge in [0.25, 0.3) is 0 Å². The van der Waals surface area contributed by atoms with Gasteiger partial charge in [0.05, 0.1) is 15.7 Å². The summed E-state index contributed by atoms with van der Waals surface area (Å²) in [5.41, 5.74) is 0.0219. The van der Waals surface area contributed by atoms with E-state index in [1.807, 2.05) is 0 Å². The first kappa shape index (κ1) is 15.5. The molecule has 0 aliphatic carbocycles. The molecular weight excluding hydrogens is 281 g/mol. The molecule has 0 spiro atoms. The summed E-state index contributed by atoms with van der Waals surface area (Å²) in [6.45, 7) is 0. The Morgan fingerprint density at radius 3 is 2.44 bits per heavy atom. The molecule has 0 heterocycles. The summed E-state index contributed by atoms with van der Waals surface area (Å²) in [5.74, 6) is 0. The van der Waals surface area contributed by atoms with Crippen molar-refractivity contribution in [3.05, 3.63) is 36.4 Å². The van der Waals surface area contributed by atoms with Crippen LogP contribution in [0.15, 0.2) is 46.3 Å². The molecule has 0 atom stereocenters. The van der Waals surface area contributed by atoms with E-state index in [-0.39, 0.29) is 40.1 Å². The van der Waals surface area contributed by atoms with Crippen molar-refractivity contribution in [1.82, 2.24) is 0 Å². The molecule has 0 unspecified atom stereocenters. The second kappa shape index (κ2) is 6.04. The van der Waals surface area contributed by atoms with Crippen molar-refractivity contribution < 1.29 is 42.5 Å². The minimum atomic E-state index is -4.61. The van der Waals surface area contributed by atoms with Crippen LogP contribution in [0.1, 0.15) is 0 Å². The monoisotopic (exact) mass is 287 g/mol. The topological polar surface area (TPSA) is 69.6 Å². The van der Waals surface area contributed by atoms with Crippen molar-refractivity contribution >= 4 is 44.0 Å². The number of hydrogen-bond donors (Lipinski definition) is 0. The van der Waals surface area contributed by atoms with Gasteiger partial charge in [0.15, 0.2) is 0 Å². The molecule has 0 N–H and O–H groups in total. The summed E-state index contributed by atoms with van der Waals surface area (Å²) >= 11 is 4.43. The zero-order valence-electron chi connectivity index (χ0n) is 9.45. The molecular formula is C11H6NNaO3S2. The van der Waals surface area contributed by atoms with E-state index in [4.69, 9.17) is 0 Å². The summed E-state index contributed by atoms with van der Waals surface area (Å²) in [7, 11) is -4.61. The maximum absolute atomic E-state index is 11.3. The van der Waals surface area contributed by atoms with Gasteiger partial charge in [-0.2, -0.15) is 4.99 Å². The molecule has 86 valence electrons. The Morgan fingerprint density at radius 1 is 1.17 bits per heavy atom. The van der Waals surface area contributed by atoms with Crippen LogP contribution in [0.2, 0.25) is 0 Å². The van der Waals surface area contributed by atoms with Gasteiger partial charge < -0.3 is 4.55 Å². The molecule has 2 aromatic carbocycles. The van der Waals surface area contributed by atoms with Gasteiger partial charge in [-0.3, -0.25) is 0 Å². The summed E-state index contributed by atoms with van der Waals surface area (Å²) in [4.78, 5) is 3.26. The molecule has 0 amide bonds. The third-order valence-corrected chi connectivity index (χ3v) is 3.30. The number of benzene rings is 2. The largest absolute Gasteiger partial charge is 1.00 e. The van der Waals surface area contributed by atoms with Crippen LogP contribution >= 0.6 is 12.2 Å². The average molecular weight is 287 g/mol. The standard InChI is InChI=1S/C11H7NO3S2.Na/c13-17(14,15)11-9-4-2-1-3-8(9)5-6-10(11)12-7-16;/h1-6H,(H,13,14,15);/q;+1/p-1. The van der Waals surface area contributed by atoms with Gasteiger partial charge >= 0.3 is 29.6 Å². The smallest absolute Gasteiger partial charge is 0.744 e. The molecule has 4 nitrogen and oxygen atoms in total. The number of nitrogens with zero attached hydrogens (tertiary/aromatic N) is 1. The molecule has 2 rings (SSSR count). The summed E-state index contributed by atoms with van der Waals surface area (Å²) in [6, 6.07) is 9.80. The minimum absolute atomic E-state index is 0. The van der Waals surface area contributed by atoms with E-state index in [1.54, 1.807) is 30.3 Å². The molecule has 2 aromatic rings. The number of isothiocyanates is 1. The summed E-state index contributed by atoms with van der Waals surface area (Å²) in [6.07, 6.45) is 0. The molecule has 0 bridgehead atoms. The fourth-order valence-corrected chi connectivity index (χ4v) is 2.55. The van der Waals surface area contributed by atoms with Crippen molar-refractivity contribution in [2.45, 2.75) is 4.90 Å². The maximum Gasteiger partial charge on any atom is 1.00 e. The summed E-state index contributed by atoms with van der Waals surface area (Å²) in [5, 5.41) is 3.07. The Bertz CT molecular complexity index is 737. The Balaban J connectivity index is 0.00000162. The van der Waals surface area contributed by atoms with Crippen LogP contribution in [0.4, 0.5) is 5.69 Å². The minimum Gasteiger partial charge on any atom is -0.744 e. The molecule has 0 aliphatic rings. The van der Waals surface area contributed by atoms with Crippen molar-refractivity contribution in [1.29, 1.82) is 0 Å². The first-order valence-corrected chi connectivity index (χ1v) is 6.41. The molecule has 0 fully saturated rings. The van der Waals surface area contributed by atoms with E-state index < -0.39 is 10.1 Å². The molecule has 0 aliphatic heterocycles. The SMILES string of the molecule is O=S(=O)([O-])c1c(N=C=S)ccc2ccccc12.[Na+]. The number of rotatable bonds is 2. The van der Waals surface area contributed by atoms with Crippen molar-refractivity contribution in [2.24, 2.45) is 4.99 Å². The maximum atomic E-state index is 11.3. The third-order valence-electron chi connectivity index (χ3n) is 2.27. The van der Waals surface area contributed by atoms with E-state index in [1.165, 1.54) is 6.07 Å². The molecule has 0 radical (unpaired) electrons. The van der Waals surface area contributed by atoms with Gasteiger partial charge in [-0.05, 0) is 23.7 Å². The predicted molar refractivity (Wildman–Crippen MR) is 66.6 cm³/mol. The second-order valence-corrected chi connectivity index (χ2v) is 4.79. The van der Waals surface area contributed by atoms with Crippen molar-refractivity contribution in [3.8, 4) is 0 Å². The average Bonchev–Trinajstić information content (AvgIpc) is 2.27. The summed E-state index contributed by atoms with van der Waals surface area (Å²) < 4.78 is 33.8. The fraction of sp³-hybridized carbons (Fsp3) is 0. The van der Waals surface area contributed by atoms with E-state index in [2.05, 4.69) is 22.4 Å². The van der Waals surface area contributed by atoms with Gasteiger partial charge in [-0.1, -0.05) is 30.3 Å². The Kier molecular flexibility index (Phi) is 5.19. The van der Waals surface area contributed by atoms with Crippen LogP contribution in [-0.2, 0) is 10.1 Å². The van der Waals surface area contributed by atoms with E-state index >= 15 is 0 Å². The Morgan fingerprint density at radius 2 is 1.83 bits per heavy atom. The first-order valence-electron chi connectivity index (χ1n) is 4.59. The number of thiocarbonyl (C=S) groups is 1. The van der Waals surface area contributed by atoms with Crippen LogP contribution in [-0.4, -0.2) is 18.1 Å².